The van der Waals surface area contributed by atoms with Crippen LogP contribution in [-0.4, -0.2) is 25.2 Å². The number of nitrogens with one attached hydrogen (secondary N) is 1. The topological polar surface area (TPSA) is 82.8 Å². The number of hydrogen-bond acceptors (Lipinski definition) is 5. The van der Waals surface area contributed by atoms with Gasteiger partial charge in [0.25, 0.3) is 0 Å². The molecule has 0 aliphatic rings. The molecule has 0 aliphatic heterocycles. The minimum Gasteiger partial charge on any atom is -0.247 e. The molecule has 94 valence electrons. The van der Waals surface area contributed by atoms with Gasteiger partial charge < -0.3 is 0 Å². The average molecular weight is 273 g/mol. The van der Waals surface area contributed by atoms with Crippen LogP contribution >= 0.6 is 11.3 Å². The molecule has 1 rings (SSSR count). The average Bonchev–Trinajstić information content (AvgIpc) is 2.65. The molecule has 0 amide bonds. The van der Waals surface area contributed by atoms with E-state index in [9.17, 15) is 8.42 Å². The minimum atomic E-state index is -3.52. The van der Waals surface area contributed by atoms with Crippen LogP contribution in [0.1, 0.15) is 24.0 Å². The highest BCUT2D eigenvalue weighted by Gasteiger charge is 2.22. The summed E-state index contributed by atoms with van der Waals surface area (Å²) < 4.78 is 25.7. The Morgan fingerprint density at radius 1 is 1.65 bits per heavy atom. The van der Waals surface area contributed by atoms with E-state index in [0.717, 1.165) is 10.7 Å². The maximum atomic E-state index is 11.6. The molecular weight excluding hydrogens is 258 g/mol. The van der Waals surface area contributed by atoms with E-state index >= 15 is 0 Å². The number of nitrogens with zero attached hydrogens (tertiary/aromatic N) is 2. The van der Waals surface area contributed by atoms with E-state index in [1.807, 2.05) is 12.3 Å². The molecule has 7 heteroatoms. The predicted octanol–water partition coefficient (Wildman–Crippen LogP) is 1.22. The van der Waals surface area contributed by atoms with Crippen molar-refractivity contribution in [2.24, 2.45) is 0 Å². The highest BCUT2D eigenvalue weighted by Crippen LogP contribution is 2.09. The summed E-state index contributed by atoms with van der Waals surface area (Å²) in [6, 6.07) is 1.78. The Balaban J connectivity index is 2.49. The molecule has 1 N–H and O–H groups in total. The Kier molecular flexibility index (Phi) is 5.05. The van der Waals surface area contributed by atoms with E-state index in [1.54, 1.807) is 13.0 Å². The number of nitriles is 1. The normalized spacial score (nSPS) is 13.2. The van der Waals surface area contributed by atoms with Gasteiger partial charge >= 0.3 is 0 Å². The number of aromatic nitrogens is 1. The fourth-order valence-corrected chi connectivity index (χ4v) is 3.24. The molecule has 1 aromatic heterocycles. The Morgan fingerprint density at radius 3 is 2.82 bits per heavy atom. The number of rotatable bonds is 6. The van der Waals surface area contributed by atoms with Crippen LogP contribution in [0.4, 0.5) is 0 Å². The zero-order valence-electron chi connectivity index (χ0n) is 9.80. The molecule has 1 heterocycles. The van der Waals surface area contributed by atoms with Gasteiger partial charge in [-0.25, -0.2) is 18.1 Å². The van der Waals surface area contributed by atoms with Crippen molar-refractivity contribution in [2.75, 3.05) is 6.54 Å². The predicted molar refractivity (Wildman–Crippen MR) is 67.2 cm³/mol. The minimum absolute atomic E-state index is 0.285. The number of sulfonamides is 1. The SMILES string of the molecule is CCC(C#N)S(=O)(=O)NCCc1nc(C)cs1. The molecule has 1 atom stereocenters. The van der Waals surface area contributed by atoms with E-state index in [-0.39, 0.29) is 6.54 Å². The van der Waals surface area contributed by atoms with E-state index in [1.165, 1.54) is 11.3 Å². The third-order valence-corrected chi connectivity index (χ3v) is 5.02. The van der Waals surface area contributed by atoms with E-state index < -0.39 is 15.3 Å². The summed E-state index contributed by atoms with van der Waals surface area (Å²) >= 11 is 1.51. The summed E-state index contributed by atoms with van der Waals surface area (Å²) in [6.07, 6.45) is 0.849. The number of thiazole rings is 1. The van der Waals surface area contributed by atoms with Gasteiger partial charge in [-0.1, -0.05) is 6.92 Å². The van der Waals surface area contributed by atoms with Crippen LogP contribution < -0.4 is 4.72 Å². The molecule has 1 aromatic rings. The summed E-state index contributed by atoms with van der Waals surface area (Å²) in [4.78, 5) is 4.23. The Hall–Kier alpha value is -0.970. The maximum Gasteiger partial charge on any atom is 0.227 e. The lowest BCUT2D eigenvalue weighted by Crippen LogP contribution is -2.34. The summed E-state index contributed by atoms with van der Waals surface area (Å²) in [7, 11) is -3.52. The highest BCUT2D eigenvalue weighted by molar-refractivity contribution is 7.90. The first-order valence-electron chi connectivity index (χ1n) is 5.28. The van der Waals surface area contributed by atoms with Gasteiger partial charge in [0.2, 0.25) is 10.0 Å². The fourth-order valence-electron chi connectivity index (χ4n) is 1.30. The van der Waals surface area contributed by atoms with E-state index in [0.29, 0.717) is 12.8 Å². The third-order valence-electron chi connectivity index (χ3n) is 2.20. The quantitative estimate of drug-likeness (QED) is 0.844. The largest absolute Gasteiger partial charge is 0.247 e. The van der Waals surface area contributed by atoms with E-state index in [4.69, 9.17) is 5.26 Å². The first-order chi connectivity index (χ1) is 7.99. The number of aryl methyl sites for hydroxylation is 1. The van der Waals surface area contributed by atoms with Crippen molar-refractivity contribution in [3.8, 4) is 6.07 Å². The lowest BCUT2D eigenvalue weighted by Gasteiger charge is -2.08. The van der Waals surface area contributed by atoms with Crippen LogP contribution in [0.25, 0.3) is 0 Å². The Bertz CT molecular complexity index is 502. The van der Waals surface area contributed by atoms with Crippen LogP contribution in [0.5, 0.6) is 0 Å². The first kappa shape index (κ1) is 14.1. The van der Waals surface area contributed by atoms with Crippen LogP contribution in [0.3, 0.4) is 0 Å². The van der Waals surface area contributed by atoms with Crippen LogP contribution in [0.15, 0.2) is 5.38 Å². The molecule has 0 radical (unpaired) electrons. The molecule has 0 aliphatic carbocycles. The smallest absolute Gasteiger partial charge is 0.227 e. The lowest BCUT2D eigenvalue weighted by atomic mass is 10.4. The maximum absolute atomic E-state index is 11.6. The van der Waals surface area contributed by atoms with Crippen molar-refractivity contribution in [3.05, 3.63) is 16.1 Å². The Morgan fingerprint density at radius 2 is 2.35 bits per heavy atom. The summed E-state index contributed by atoms with van der Waals surface area (Å²) in [5.41, 5.74) is 0.941. The third kappa shape index (κ3) is 4.07. The molecule has 5 nitrogen and oxygen atoms in total. The van der Waals surface area contributed by atoms with Gasteiger partial charge in [0.05, 0.1) is 11.1 Å². The molecular formula is C10H15N3O2S2. The van der Waals surface area contributed by atoms with Crippen molar-refractivity contribution in [1.29, 1.82) is 5.26 Å². The Labute approximate surface area is 106 Å². The second-order valence-electron chi connectivity index (χ2n) is 3.60. The first-order valence-corrected chi connectivity index (χ1v) is 7.71. The standard InChI is InChI=1S/C10H15N3O2S2/c1-3-9(6-11)17(14,15)12-5-4-10-13-8(2)7-16-10/h7,9,12H,3-5H2,1-2H3. The summed E-state index contributed by atoms with van der Waals surface area (Å²) in [6.45, 7) is 3.86. The zero-order valence-corrected chi connectivity index (χ0v) is 11.4. The van der Waals surface area contributed by atoms with Gasteiger partial charge in [-0.3, -0.25) is 0 Å². The molecule has 0 saturated carbocycles. The van der Waals surface area contributed by atoms with Crippen molar-refractivity contribution >= 4 is 21.4 Å². The van der Waals surface area contributed by atoms with Gasteiger partial charge in [0.1, 0.15) is 0 Å². The molecule has 17 heavy (non-hydrogen) atoms. The molecule has 0 aromatic carbocycles. The summed E-state index contributed by atoms with van der Waals surface area (Å²) in [5.74, 6) is 0. The lowest BCUT2D eigenvalue weighted by molar-refractivity contribution is 0.572. The van der Waals surface area contributed by atoms with Crippen molar-refractivity contribution in [1.82, 2.24) is 9.71 Å². The zero-order chi connectivity index (χ0) is 12.9. The van der Waals surface area contributed by atoms with Crippen LogP contribution in [-0.2, 0) is 16.4 Å². The fraction of sp³-hybridized carbons (Fsp3) is 0.600. The van der Waals surface area contributed by atoms with Gasteiger partial charge in [-0.05, 0) is 13.3 Å². The van der Waals surface area contributed by atoms with Gasteiger partial charge in [-0.2, -0.15) is 5.26 Å². The van der Waals surface area contributed by atoms with Gasteiger partial charge in [0, 0.05) is 24.0 Å². The van der Waals surface area contributed by atoms with Crippen molar-refractivity contribution < 1.29 is 8.42 Å². The van der Waals surface area contributed by atoms with E-state index in [2.05, 4.69) is 9.71 Å². The molecule has 0 fully saturated rings. The molecule has 0 bridgehead atoms. The number of hydrogen-bond donors (Lipinski definition) is 1. The monoisotopic (exact) mass is 273 g/mol. The van der Waals surface area contributed by atoms with Crippen molar-refractivity contribution in [2.45, 2.75) is 31.9 Å². The van der Waals surface area contributed by atoms with Crippen molar-refractivity contribution in [3.63, 3.8) is 0 Å². The summed E-state index contributed by atoms with van der Waals surface area (Å²) in [5, 5.41) is 10.6. The van der Waals surface area contributed by atoms with Crippen LogP contribution in [0, 0.1) is 18.3 Å². The van der Waals surface area contributed by atoms with Gasteiger partial charge in [-0.15, -0.1) is 11.3 Å². The second kappa shape index (κ2) is 6.10. The van der Waals surface area contributed by atoms with Gasteiger partial charge in [0.15, 0.2) is 5.25 Å². The molecule has 0 saturated heterocycles. The molecule has 1 unspecified atom stereocenters. The second-order valence-corrected chi connectivity index (χ2v) is 6.49. The van der Waals surface area contributed by atoms with Crippen LogP contribution in [0.2, 0.25) is 0 Å². The molecule has 0 spiro atoms. The highest BCUT2D eigenvalue weighted by atomic mass is 32.2.